The van der Waals surface area contributed by atoms with Crippen LogP contribution in [0.5, 0.6) is 5.75 Å². The topological polar surface area (TPSA) is 96.0 Å². The highest BCUT2D eigenvalue weighted by atomic mass is 32.2. The number of sulfonamides is 1. The van der Waals surface area contributed by atoms with Gasteiger partial charge >= 0.3 is 0 Å². The monoisotopic (exact) mass is 475 g/mol. The van der Waals surface area contributed by atoms with E-state index in [1.54, 1.807) is 26.2 Å². The predicted molar refractivity (Wildman–Crippen MR) is 130 cm³/mol. The van der Waals surface area contributed by atoms with E-state index < -0.39 is 16.1 Å². The molecule has 0 unspecified atom stereocenters. The number of aryl methyl sites for hydroxylation is 1. The van der Waals surface area contributed by atoms with E-state index in [0.29, 0.717) is 17.9 Å². The fourth-order valence-corrected chi connectivity index (χ4v) is 4.61. The lowest BCUT2D eigenvalue weighted by Gasteiger charge is -2.29. The van der Waals surface area contributed by atoms with Crippen LogP contribution in [-0.2, 0) is 26.2 Å². The molecule has 2 rings (SSSR count). The molecule has 1 N–H and O–H groups in total. The third-order valence-electron chi connectivity index (χ3n) is 5.44. The number of amides is 2. The Morgan fingerprint density at radius 3 is 2.42 bits per heavy atom. The van der Waals surface area contributed by atoms with Crippen LogP contribution in [0, 0.1) is 6.92 Å². The van der Waals surface area contributed by atoms with Crippen LogP contribution in [0.1, 0.15) is 30.9 Å². The van der Waals surface area contributed by atoms with E-state index in [1.807, 2.05) is 43.3 Å². The van der Waals surface area contributed by atoms with Crippen molar-refractivity contribution in [3.63, 3.8) is 0 Å². The summed E-state index contributed by atoms with van der Waals surface area (Å²) < 4.78 is 31.4. The minimum absolute atomic E-state index is 0.100. The summed E-state index contributed by atoms with van der Waals surface area (Å²) in [6.45, 7) is 3.92. The van der Waals surface area contributed by atoms with Gasteiger partial charge in [0.15, 0.2) is 0 Å². The zero-order valence-electron chi connectivity index (χ0n) is 19.9. The van der Waals surface area contributed by atoms with Gasteiger partial charge < -0.3 is 15.0 Å². The molecule has 0 bridgehead atoms. The predicted octanol–water partition coefficient (Wildman–Crippen LogP) is 2.71. The number of rotatable bonds is 11. The number of carbonyl (C=O) groups is 2. The molecule has 1 atom stereocenters. The largest absolute Gasteiger partial charge is 0.497 e. The zero-order chi connectivity index (χ0) is 24.6. The molecule has 180 valence electrons. The molecule has 2 amide bonds. The van der Waals surface area contributed by atoms with Crippen LogP contribution >= 0.6 is 0 Å². The first-order chi connectivity index (χ1) is 15.6. The number of carbonyl (C=O) groups excluding carboxylic acids is 2. The highest BCUT2D eigenvalue weighted by Gasteiger charge is 2.26. The van der Waals surface area contributed by atoms with Crippen molar-refractivity contribution in [2.75, 3.05) is 31.3 Å². The van der Waals surface area contributed by atoms with Gasteiger partial charge in [-0.15, -0.1) is 0 Å². The maximum absolute atomic E-state index is 13.1. The second-order valence-electron chi connectivity index (χ2n) is 7.89. The van der Waals surface area contributed by atoms with Crippen molar-refractivity contribution in [1.29, 1.82) is 0 Å². The lowest BCUT2D eigenvalue weighted by molar-refractivity contribution is -0.140. The van der Waals surface area contributed by atoms with Crippen molar-refractivity contribution in [2.24, 2.45) is 0 Å². The minimum Gasteiger partial charge on any atom is -0.497 e. The van der Waals surface area contributed by atoms with E-state index >= 15 is 0 Å². The average molecular weight is 476 g/mol. The molecule has 0 spiro atoms. The number of likely N-dealkylation sites (N-methyl/N-ethyl adjacent to an activating group) is 1. The van der Waals surface area contributed by atoms with E-state index in [0.717, 1.165) is 17.4 Å². The van der Waals surface area contributed by atoms with Crippen molar-refractivity contribution in [2.45, 2.75) is 39.3 Å². The summed E-state index contributed by atoms with van der Waals surface area (Å²) in [5, 5.41) is 2.59. The second kappa shape index (κ2) is 11.7. The molecule has 0 aliphatic rings. The summed E-state index contributed by atoms with van der Waals surface area (Å²) in [5.41, 5.74) is 2.26. The summed E-state index contributed by atoms with van der Waals surface area (Å²) in [5.74, 6) is 0.158. The molecule has 0 aliphatic heterocycles. The van der Waals surface area contributed by atoms with Crippen LogP contribution in [-0.4, -0.2) is 58.1 Å². The number of methoxy groups -OCH3 is 1. The van der Waals surface area contributed by atoms with Gasteiger partial charge in [-0.05, 0) is 49.6 Å². The van der Waals surface area contributed by atoms with E-state index in [1.165, 1.54) is 16.3 Å². The maximum Gasteiger partial charge on any atom is 0.242 e. The number of anilines is 1. The van der Waals surface area contributed by atoms with E-state index in [9.17, 15) is 18.0 Å². The summed E-state index contributed by atoms with van der Waals surface area (Å²) in [7, 11) is -0.425. The minimum atomic E-state index is -3.52. The van der Waals surface area contributed by atoms with E-state index in [-0.39, 0.29) is 31.3 Å². The number of hydrogen-bond acceptors (Lipinski definition) is 5. The normalized spacial score (nSPS) is 12.0. The molecule has 2 aromatic carbocycles. The van der Waals surface area contributed by atoms with Gasteiger partial charge in [0.25, 0.3) is 0 Å². The summed E-state index contributed by atoms with van der Waals surface area (Å²) in [6, 6.07) is 13.9. The Labute approximate surface area is 196 Å². The van der Waals surface area contributed by atoms with E-state index in [2.05, 4.69) is 5.32 Å². The summed E-state index contributed by atoms with van der Waals surface area (Å²) in [6.07, 6.45) is 1.57. The molecule has 0 heterocycles. The molecular formula is C24H33N3O5S. The number of para-hydroxylation sites is 1. The molecule has 0 saturated heterocycles. The molecule has 0 saturated carbocycles. The fourth-order valence-electron chi connectivity index (χ4n) is 3.58. The Bertz CT molecular complexity index is 1070. The lowest BCUT2D eigenvalue weighted by Crippen LogP contribution is -2.46. The van der Waals surface area contributed by atoms with Crippen molar-refractivity contribution in [3.05, 3.63) is 59.7 Å². The first-order valence-electron chi connectivity index (χ1n) is 10.8. The van der Waals surface area contributed by atoms with E-state index in [4.69, 9.17) is 4.74 Å². The molecule has 0 aromatic heterocycles. The van der Waals surface area contributed by atoms with Gasteiger partial charge in [-0.3, -0.25) is 13.9 Å². The van der Waals surface area contributed by atoms with Crippen LogP contribution < -0.4 is 14.4 Å². The number of hydrogen-bond donors (Lipinski definition) is 1. The average Bonchev–Trinajstić information content (AvgIpc) is 2.79. The first kappa shape index (κ1) is 26.2. The van der Waals surface area contributed by atoms with Crippen LogP contribution in [0.3, 0.4) is 0 Å². The Kier molecular flexibility index (Phi) is 9.28. The Hall–Kier alpha value is -3.07. The highest BCUT2D eigenvalue weighted by Crippen LogP contribution is 2.23. The van der Waals surface area contributed by atoms with Gasteiger partial charge in [-0.2, -0.15) is 0 Å². The number of ether oxygens (including phenoxy) is 1. The Morgan fingerprint density at radius 1 is 1.12 bits per heavy atom. The molecule has 0 aliphatic carbocycles. The smallest absolute Gasteiger partial charge is 0.242 e. The summed E-state index contributed by atoms with van der Waals surface area (Å²) >= 11 is 0. The number of nitrogens with zero attached hydrogens (tertiary/aromatic N) is 2. The molecule has 0 radical (unpaired) electrons. The number of nitrogens with one attached hydrogen (secondary N) is 1. The van der Waals surface area contributed by atoms with Gasteiger partial charge in [0, 0.05) is 26.6 Å². The van der Waals surface area contributed by atoms with Crippen molar-refractivity contribution >= 4 is 27.5 Å². The fraction of sp³-hybridized carbons (Fsp3) is 0.417. The molecule has 0 fully saturated rings. The van der Waals surface area contributed by atoms with Gasteiger partial charge in [0.2, 0.25) is 21.8 Å². The van der Waals surface area contributed by atoms with Crippen LogP contribution in [0.25, 0.3) is 0 Å². The SMILES string of the molecule is CNC(=O)[C@H](C)N(Cc1cccc(OC)c1)C(=O)CCCN(c1ccccc1C)S(C)(=O)=O. The number of benzene rings is 2. The molecule has 2 aromatic rings. The standard InChI is InChI=1S/C24H33N3O5S/c1-18-10-6-7-13-22(18)27(33(5,30)31)15-9-14-23(28)26(19(2)24(29)25-3)17-20-11-8-12-21(16-20)32-4/h6-8,10-13,16,19H,9,14-15,17H2,1-5H3,(H,25,29)/t19-/m0/s1. The van der Waals surface area contributed by atoms with Crippen LogP contribution in [0.4, 0.5) is 5.69 Å². The van der Waals surface area contributed by atoms with Crippen LogP contribution in [0.15, 0.2) is 48.5 Å². The molecular weight excluding hydrogens is 442 g/mol. The van der Waals surface area contributed by atoms with Crippen molar-refractivity contribution < 1.29 is 22.7 Å². The molecule has 8 nitrogen and oxygen atoms in total. The third-order valence-corrected chi connectivity index (χ3v) is 6.62. The van der Waals surface area contributed by atoms with Crippen molar-refractivity contribution in [1.82, 2.24) is 10.2 Å². The van der Waals surface area contributed by atoms with Gasteiger partial charge in [0.1, 0.15) is 11.8 Å². The Morgan fingerprint density at radius 2 is 1.82 bits per heavy atom. The quantitative estimate of drug-likeness (QED) is 0.539. The van der Waals surface area contributed by atoms with Gasteiger partial charge in [0.05, 0.1) is 19.1 Å². The second-order valence-corrected chi connectivity index (χ2v) is 9.80. The van der Waals surface area contributed by atoms with Crippen molar-refractivity contribution in [3.8, 4) is 5.75 Å². The Balaban J connectivity index is 2.17. The molecule has 33 heavy (non-hydrogen) atoms. The van der Waals surface area contributed by atoms with Gasteiger partial charge in [-0.1, -0.05) is 30.3 Å². The first-order valence-corrected chi connectivity index (χ1v) is 12.6. The zero-order valence-corrected chi connectivity index (χ0v) is 20.7. The maximum atomic E-state index is 13.1. The van der Waals surface area contributed by atoms with Crippen LogP contribution in [0.2, 0.25) is 0 Å². The summed E-state index contributed by atoms with van der Waals surface area (Å²) in [4.78, 5) is 26.9. The third kappa shape index (κ3) is 7.21. The molecule has 9 heteroatoms. The lowest BCUT2D eigenvalue weighted by atomic mass is 10.1. The van der Waals surface area contributed by atoms with Gasteiger partial charge in [-0.25, -0.2) is 8.42 Å². The highest BCUT2D eigenvalue weighted by molar-refractivity contribution is 7.92.